The minimum atomic E-state index is -0.873. The molecule has 82 valence electrons. The molecule has 1 aromatic rings. The summed E-state index contributed by atoms with van der Waals surface area (Å²) in [6.45, 7) is 2.58. The van der Waals surface area contributed by atoms with Gasteiger partial charge in [0.25, 0.3) is 0 Å². The van der Waals surface area contributed by atoms with Crippen molar-refractivity contribution in [3.63, 3.8) is 0 Å². The largest absolute Gasteiger partial charge is 0.481 e. The predicted molar refractivity (Wildman–Crippen MR) is 54.9 cm³/mol. The third kappa shape index (κ3) is 3.99. The fourth-order valence-corrected chi connectivity index (χ4v) is 1.14. The molecule has 0 atom stereocenters. The molecule has 0 aromatic heterocycles. The summed E-state index contributed by atoms with van der Waals surface area (Å²) >= 11 is 0. The van der Waals surface area contributed by atoms with Gasteiger partial charge >= 0.3 is 5.97 Å². The van der Waals surface area contributed by atoms with Crippen molar-refractivity contribution in [2.75, 3.05) is 13.4 Å². The molecule has 0 bridgehead atoms. The Morgan fingerprint density at radius 1 is 1.40 bits per heavy atom. The minimum absolute atomic E-state index is 0.0394. The zero-order chi connectivity index (χ0) is 11.1. The average molecular weight is 210 g/mol. The van der Waals surface area contributed by atoms with E-state index in [1.165, 1.54) is 0 Å². The Labute approximate surface area is 88.4 Å². The normalized spacial score (nSPS) is 9.93. The summed E-state index contributed by atoms with van der Waals surface area (Å²) in [7, 11) is 0. The van der Waals surface area contributed by atoms with Crippen molar-refractivity contribution in [1.82, 2.24) is 0 Å². The van der Waals surface area contributed by atoms with E-state index in [0.29, 0.717) is 17.9 Å². The van der Waals surface area contributed by atoms with Crippen molar-refractivity contribution in [2.24, 2.45) is 0 Å². The Kier molecular flexibility index (Phi) is 4.63. The Morgan fingerprint density at radius 3 is 2.80 bits per heavy atom. The van der Waals surface area contributed by atoms with Gasteiger partial charge in [-0.15, -0.1) is 0 Å². The molecule has 1 aromatic carbocycles. The van der Waals surface area contributed by atoms with Gasteiger partial charge in [0.05, 0.1) is 6.42 Å². The number of aliphatic carboxylic acids is 1. The molecule has 0 amide bonds. The van der Waals surface area contributed by atoms with Crippen LogP contribution in [-0.4, -0.2) is 24.5 Å². The molecule has 1 N–H and O–H groups in total. The minimum Gasteiger partial charge on any atom is -0.481 e. The van der Waals surface area contributed by atoms with Crippen LogP contribution in [0.4, 0.5) is 0 Å². The van der Waals surface area contributed by atoms with E-state index in [4.69, 9.17) is 14.6 Å². The SMILES string of the molecule is CCOCOc1ccccc1CC(=O)O. The molecule has 15 heavy (non-hydrogen) atoms. The van der Waals surface area contributed by atoms with E-state index >= 15 is 0 Å². The first-order chi connectivity index (χ1) is 7.24. The van der Waals surface area contributed by atoms with E-state index in [1.54, 1.807) is 24.3 Å². The predicted octanol–water partition coefficient (Wildman–Crippen LogP) is 1.69. The first-order valence-electron chi connectivity index (χ1n) is 4.74. The molecule has 0 heterocycles. The maximum absolute atomic E-state index is 10.6. The van der Waals surface area contributed by atoms with Crippen molar-refractivity contribution >= 4 is 5.97 Å². The quantitative estimate of drug-likeness (QED) is 0.573. The van der Waals surface area contributed by atoms with Gasteiger partial charge in [-0.2, -0.15) is 0 Å². The second kappa shape index (κ2) is 6.03. The molecule has 0 saturated heterocycles. The van der Waals surface area contributed by atoms with Gasteiger partial charge in [-0.1, -0.05) is 18.2 Å². The zero-order valence-corrected chi connectivity index (χ0v) is 8.60. The third-order valence-corrected chi connectivity index (χ3v) is 1.82. The van der Waals surface area contributed by atoms with Crippen LogP contribution < -0.4 is 4.74 Å². The van der Waals surface area contributed by atoms with Crippen LogP contribution in [0.3, 0.4) is 0 Å². The molecule has 0 aliphatic heterocycles. The highest BCUT2D eigenvalue weighted by atomic mass is 16.7. The van der Waals surface area contributed by atoms with Gasteiger partial charge in [-0.25, -0.2) is 0 Å². The van der Waals surface area contributed by atoms with E-state index in [2.05, 4.69) is 0 Å². The highest BCUT2D eigenvalue weighted by Crippen LogP contribution is 2.18. The van der Waals surface area contributed by atoms with E-state index in [0.717, 1.165) is 0 Å². The number of carboxylic acids is 1. The van der Waals surface area contributed by atoms with Crippen LogP contribution in [0.2, 0.25) is 0 Å². The highest BCUT2D eigenvalue weighted by Gasteiger charge is 2.06. The maximum Gasteiger partial charge on any atom is 0.307 e. The van der Waals surface area contributed by atoms with E-state index in [1.807, 2.05) is 6.92 Å². The Morgan fingerprint density at radius 2 is 2.13 bits per heavy atom. The van der Waals surface area contributed by atoms with Crippen molar-refractivity contribution in [3.05, 3.63) is 29.8 Å². The lowest BCUT2D eigenvalue weighted by Crippen LogP contribution is -2.06. The van der Waals surface area contributed by atoms with Gasteiger partial charge in [-0.3, -0.25) is 4.79 Å². The molecule has 0 aliphatic carbocycles. The first kappa shape index (κ1) is 11.5. The van der Waals surface area contributed by atoms with E-state index in [-0.39, 0.29) is 13.2 Å². The Hall–Kier alpha value is -1.55. The lowest BCUT2D eigenvalue weighted by Gasteiger charge is -2.09. The zero-order valence-electron chi connectivity index (χ0n) is 8.60. The second-order valence-electron chi connectivity index (χ2n) is 2.93. The van der Waals surface area contributed by atoms with Crippen molar-refractivity contribution in [3.8, 4) is 5.75 Å². The molecular weight excluding hydrogens is 196 g/mol. The first-order valence-corrected chi connectivity index (χ1v) is 4.74. The number of carboxylic acid groups (broad SMARTS) is 1. The van der Waals surface area contributed by atoms with Crippen LogP contribution >= 0.6 is 0 Å². The molecule has 4 heteroatoms. The van der Waals surface area contributed by atoms with Gasteiger partial charge in [-0.05, 0) is 13.0 Å². The fourth-order valence-electron chi connectivity index (χ4n) is 1.14. The molecule has 1 rings (SSSR count). The molecule has 0 fully saturated rings. The highest BCUT2D eigenvalue weighted by molar-refractivity contribution is 5.71. The standard InChI is InChI=1S/C11H14O4/c1-2-14-8-15-10-6-4-3-5-9(10)7-11(12)13/h3-6H,2,7-8H2,1H3,(H,12,13). The van der Waals surface area contributed by atoms with Gasteiger partial charge in [0.15, 0.2) is 6.79 Å². The lowest BCUT2D eigenvalue weighted by molar-refractivity contribution is -0.136. The smallest absolute Gasteiger partial charge is 0.307 e. The number of ether oxygens (including phenoxy) is 2. The van der Waals surface area contributed by atoms with Crippen molar-refractivity contribution < 1.29 is 19.4 Å². The van der Waals surface area contributed by atoms with Crippen LogP contribution in [-0.2, 0) is 16.0 Å². The summed E-state index contributed by atoms with van der Waals surface area (Å²) in [5, 5.41) is 8.68. The number of benzene rings is 1. The number of rotatable bonds is 6. The van der Waals surface area contributed by atoms with Crippen LogP contribution in [0.15, 0.2) is 24.3 Å². The molecule has 4 nitrogen and oxygen atoms in total. The lowest BCUT2D eigenvalue weighted by atomic mass is 10.1. The number of carbonyl (C=O) groups is 1. The Balaban J connectivity index is 2.64. The maximum atomic E-state index is 10.6. The summed E-state index contributed by atoms with van der Waals surface area (Å²) in [6, 6.07) is 7.05. The number of hydrogen-bond acceptors (Lipinski definition) is 3. The van der Waals surface area contributed by atoms with Crippen molar-refractivity contribution in [2.45, 2.75) is 13.3 Å². The molecule has 0 saturated carbocycles. The molecule has 0 aliphatic rings. The summed E-state index contributed by atoms with van der Waals surface area (Å²) in [6.07, 6.45) is -0.0394. The third-order valence-electron chi connectivity index (χ3n) is 1.82. The number of para-hydroxylation sites is 1. The van der Waals surface area contributed by atoms with Gasteiger partial charge in [0.2, 0.25) is 0 Å². The summed E-state index contributed by atoms with van der Waals surface area (Å²) in [5.74, 6) is -0.309. The molecule has 0 unspecified atom stereocenters. The van der Waals surface area contributed by atoms with E-state index < -0.39 is 5.97 Å². The number of hydrogen-bond donors (Lipinski definition) is 1. The Bertz CT molecular complexity index is 322. The summed E-state index contributed by atoms with van der Waals surface area (Å²) < 4.78 is 10.3. The second-order valence-corrected chi connectivity index (χ2v) is 2.93. The summed E-state index contributed by atoms with van der Waals surface area (Å²) in [4.78, 5) is 10.6. The molecule has 0 spiro atoms. The van der Waals surface area contributed by atoms with Crippen LogP contribution in [0.5, 0.6) is 5.75 Å². The molecule has 0 radical (unpaired) electrons. The topological polar surface area (TPSA) is 55.8 Å². The van der Waals surface area contributed by atoms with Crippen LogP contribution in [0.1, 0.15) is 12.5 Å². The van der Waals surface area contributed by atoms with E-state index in [9.17, 15) is 4.79 Å². The fraction of sp³-hybridized carbons (Fsp3) is 0.364. The molecular formula is C11H14O4. The van der Waals surface area contributed by atoms with Crippen LogP contribution in [0.25, 0.3) is 0 Å². The van der Waals surface area contributed by atoms with Gasteiger partial charge < -0.3 is 14.6 Å². The average Bonchev–Trinajstić information content (AvgIpc) is 2.20. The monoisotopic (exact) mass is 210 g/mol. The van der Waals surface area contributed by atoms with Crippen LogP contribution in [0, 0.1) is 0 Å². The summed E-state index contributed by atoms with van der Waals surface area (Å²) in [5.41, 5.74) is 0.657. The van der Waals surface area contributed by atoms with Crippen molar-refractivity contribution in [1.29, 1.82) is 0 Å². The van der Waals surface area contributed by atoms with Gasteiger partial charge in [0, 0.05) is 12.2 Å². The van der Waals surface area contributed by atoms with Gasteiger partial charge in [0.1, 0.15) is 5.75 Å².